The molecule has 6 nitrogen and oxygen atoms in total. The summed E-state index contributed by atoms with van der Waals surface area (Å²) < 4.78 is 87.0. The Bertz CT molecular complexity index is 1030. The van der Waals surface area contributed by atoms with Gasteiger partial charge in [0.1, 0.15) is 5.75 Å². The number of methoxy groups -OCH3 is 1. The molecule has 0 bridgehead atoms. The van der Waals surface area contributed by atoms with Crippen LogP contribution in [-0.2, 0) is 27.6 Å². The normalized spacial score (nSPS) is 12.1. The molecule has 0 fully saturated rings. The third kappa shape index (κ3) is 6.67. The molecule has 2 aromatic rings. The van der Waals surface area contributed by atoms with Gasteiger partial charge in [0.25, 0.3) is 0 Å². The molecule has 0 saturated carbocycles. The van der Waals surface area contributed by atoms with E-state index in [1.54, 1.807) is 6.07 Å². The van der Waals surface area contributed by atoms with Crippen LogP contribution in [0, 0.1) is 0 Å². The van der Waals surface area contributed by atoms with Crippen LogP contribution >= 0.6 is 0 Å². The van der Waals surface area contributed by atoms with Gasteiger partial charge in [0.05, 0.1) is 17.6 Å². The van der Waals surface area contributed by atoms with Crippen molar-refractivity contribution in [1.82, 2.24) is 4.72 Å². The summed E-state index contributed by atoms with van der Waals surface area (Å²) in [5, 5.41) is 0. The molecule has 0 radical (unpaired) electrons. The maximum atomic E-state index is 12.9. The van der Waals surface area contributed by atoms with Gasteiger partial charge >= 0.3 is 18.3 Å². The highest BCUT2D eigenvalue weighted by Gasteiger charge is 2.41. The molecule has 0 aliphatic heterocycles. The largest absolute Gasteiger partial charge is 0.487 e. The summed E-state index contributed by atoms with van der Waals surface area (Å²) in [5.41, 5.74) is 1.49. The number of benzene rings is 2. The van der Waals surface area contributed by atoms with E-state index >= 15 is 0 Å². The summed E-state index contributed by atoms with van der Waals surface area (Å²) in [6, 6.07) is 9.89. The fourth-order valence-corrected chi connectivity index (χ4v) is 3.80. The Labute approximate surface area is 183 Å². The zero-order valence-corrected chi connectivity index (χ0v) is 18.2. The SMILES string of the molecule is CCc1ccc(S(=O)(=O)NCCc2ccc(OCC(F)(F)C(F)F)cc2)cc1C(=O)OC. The number of halogens is 4. The molecule has 11 heteroatoms. The molecule has 0 aromatic heterocycles. The molecule has 176 valence electrons. The Balaban J connectivity index is 1.97. The number of aryl methyl sites for hydroxylation is 1. The van der Waals surface area contributed by atoms with Gasteiger partial charge in [0.2, 0.25) is 10.0 Å². The Morgan fingerprint density at radius 3 is 2.34 bits per heavy atom. The van der Waals surface area contributed by atoms with Crippen LogP contribution in [0.1, 0.15) is 28.4 Å². The van der Waals surface area contributed by atoms with Crippen LogP contribution in [0.5, 0.6) is 5.75 Å². The summed E-state index contributed by atoms with van der Waals surface area (Å²) in [7, 11) is -2.69. The van der Waals surface area contributed by atoms with Gasteiger partial charge in [-0.3, -0.25) is 0 Å². The van der Waals surface area contributed by atoms with Crippen LogP contribution in [-0.4, -0.2) is 47.0 Å². The van der Waals surface area contributed by atoms with Crippen molar-refractivity contribution in [1.29, 1.82) is 0 Å². The second kappa shape index (κ2) is 10.8. The van der Waals surface area contributed by atoms with Crippen molar-refractivity contribution in [2.24, 2.45) is 0 Å². The van der Waals surface area contributed by atoms with Crippen LogP contribution in [0.3, 0.4) is 0 Å². The van der Waals surface area contributed by atoms with Crippen molar-refractivity contribution in [3.8, 4) is 5.75 Å². The monoisotopic (exact) mass is 477 g/mol. The molecule has 0 aliphatic rings. The lowest BCUT2D eigenvalue weighted by Gasteiger charge is -2.16. The smallest absolute Gasteiger partial charge is 0.340 e. The topological polar surface area (TPSA) is 81.7 Å². The van der Waals surface area contributed by atoms with Gasteiger partial charge in [-0.2, -0.15) is 8.78 Å². The maximum Gasteiger partial charge on any atom is 0.340 e. The molecule has 32 heavy (non-hydrogen) atoms. The molecular weight excluding hydrogens is 454 g/mol. The van der Waals surface area contributed by atoms with E-state index in [-0.39, 0.29) is 29.2 Å². The first-order chi connectivity index (χ1) is 15.0. The van der Waals surface area contributed by atoms with Gasteiger partial charge in [-0.05, 0) is 48.2 Å². The highest BCUT2D eigenvalue weighted by Crippen LogP contribution is 2.24. The number of ether oxygens (including phenoxy) is 2. The molecule has 2 aromatic carbocycles. The summed E-state index contributed by atoms with van der Waals surface area (Å²) in [6.07, 6.45) is -3.03. The number of carbonyl (C=O) groups excluding carboxylic acids is 1. The number of hydrogen-bond donors (Lipinski definition) is 1. The molecule has 2 rings (SSSR count). The van der Waals surface area contributed by atoms with E-state index in [0.29, 0.717) is 17.5 Å². The van der Waals surface area contributed by atoms with Crippen molar-refractivity contribution in [2.45, 2.75) is 37.0 Å². The van der Waals surface area contributed by atoms with Crippen LogP contribution < -0.4 is 9.46 Å². The lowest BCUT2D eigenvalue weighted by molar-refractivity contribution is -0.148. The number of sulfonamides is 1. The van der Waals surface area contributed by atoms with Gasteiger partial charge in [0.15, 0.2) is 6.61 Å². The van der Waals surface area contributed by atoms with Crippen molar-refractivity contribution in [3.05, 3.63) is 59.2 Å². The van der Waals surface area contributed by atoms with Crippen LogP contribution in [0.4, 0.5) is 17.6 Å². The van der Waals surface area contributed by atoms with Crippen LogP contribution in [0.25, 0.3) is 0 Å². The van der Waals surface area contributed by atoms with Crippen molar-refractivity contribution in [3.63, 3.8) is 0 Å². The number of rotatable bonds is 11. The molecule has 0 spiro atoms. The number of nitrogens with one attached hydrogen (secondary N) is 1. The minimum absolute atomic E-state index is 0.0130. The second-order valence-electron chi connectivity index (χ2n) is 6.81. The molecule has 0 aliphatic carbocycles. The van der Waals surface area contributed by atoms with Crippen molar-refractivity contribution >= 4 is 16.0 Å². The molecule has 0 atom stereocenters. The highest BCUT2D eigenvalue weighted by atomic mass is 32.2. The Kier molecular flexibility index (Phi) is 8.62. The molecule has 0 saturated heterocycles. The Hall–Kier alpha value is -2.66. The Morgan fingerprint density at radius 2 is 1.78 bits per heavy atom. The number of alkyl halides is 4. The minimum Gasteiger partial charge on any atom is -0.487 e. The summed E-state index contributed by atoms with van der Waals surface area (Å²) in [4.78, 5) is 11.8. The van der Waals surface area contributed by atoms with Crippen LogP contribution in [0.2, 0.25) is 0 Å². The van der Waals surface area contributed by atoms with E-state index in [4.69, 9.17) is 4.74 Å². The first kappa shape index (κ1) is 25.6. The van der Waals surface area contributed by atoms with E-state index in [0.717, 1.165) is 0 Å². The summed E-state index contributed by atoms with van der Waals surface area (Å²) in [5.74, 6) is -4.89. The third-order valence-electron chi connectivity index (χ3n) is 4.56. The molecular formula is C21H23F4NO5S. The number of esters is 1. The van der Waals surface area contributed by atoms with E-state index in [1.807, 2.05) is 6.92 Å². The van der Waals surface area contributed by atoms with Crippen molar-refractivity contribution in [2.75, 3.05) is 20.3 Å². The number of carbonyl (C=O) groups is 1. The van der Waals surface area contributed by atoms with E-state index in [2.05, 4.69) is 9.46 Å². The summed E-state index contributed by atoms with van der Waals surface area (Å²) >= 11 is 0. The quantitative estimate of drug-likeness (QED) is 0.393. The molecule has 0 amide bonds. The number of hydrogen-bond acceptors (Lipinski definition) is 5. The predicted octanol–water partition coefficient (Wildman–Crippen LogP) is 3.84. The van der Waals surface area contributed by atoms with Crippen LogP contribution in [0.15, 0.2) is 47.4 Å². The average molecular weight is 477 g/mol. The summed E-state index contributed by atoms with van der Waals surface area (Å²) in [6.45, 7) is 0.401. The van der Waals surface area contributed by atoms with Gasteiger partial charge < -0.3 is 9.47 Å². The Morgan fingerprint density at radius 1 is 1.12 bits per heavy atom. The fraction of sp³-hybridized carbons (Fsp3) is 0.381. The second-order valence-corrected chi connectivity index (χ2v) is 8.57. The standard InChI is InChI=1S/C21H23F4NO5S/c1-3-15-6-9-17(12-18(15)19(27)30-2)32(28,29)26-11-10-14-4-7-16(8-5-14)31-13-21(24,25)20(22)23/h4-9,12,20,26H,3,10-11,13H2,1-2H3. The van der Waals surface area contributed by atoms with E-state index in [1.165, 1.54) is 43.5 Å². The lowest BCUT2D eigenvalue weighted by atomic mass is 10.1. The third-order valence-corrected chi connectivity index (χ3v) is 6.02. The molecule has 0 unspecified atom stereocenters. The van der Waals surface area contributed by atoms with E-state index in [9.17, 15) is 30.8 Å². The lowest BCUT2D eigenvalue weighted by Crippen LogP contribution is -2.33. The maximum absolute atomic E-state index is 12.9. The molecule has 1 N–H and O–H groups in total. The van der Waals surface area contributed by atoms with Gasteiger partial charge in [-0.15, -0.1) is 0 Å². The minimum atomic E-state index is -4.25. The predicted molar refractivity (Wildman–Crippen MR) is 109 cm³/mol. The zero-order valence-electron chi connectivity index (χ0n) is 17.4. The molecule has 0 heterocycles. The fourth-order valence-electron chi connectivity index (χ4n) is 2.74. The average Bonchev–Trinajstić information content (AvgIpc) is 2.77. The van der Waals surface area contributed by atoms with Gasteiger partial charge in [0, 0.05) is 6.54 Å². The zero-order chi connectivity index (χ0) is 23.9. The van der Waals surface area contributed by atoms with Gasteiger partial charge in [-0.1, -0.05) is 25.1 Å². The highest BCUT2D eigenvalue weighted by molar-refractivity contribution is 7.89. The van der Waals surface area contributed by atoms with Crippen molar-refractivity contribution < 1.29 is 40.2 Å². The first-order valence-corrected chi connectivity index (χ1v) is 11.1. The van der Waals surface area contributed by atoms with E-state index < -0.39 is 34.9 Å². The van der Waals surface area contributed by atoms with Gasteiger partial charge in [-0.25, -0.2) is 26.7 Å². The first-order valence-electron chi connectivity index (χ1n) is 9.58.